The van der Waals surface area contributed by atoms with Gasteiger partial charge < -0.3 is 15.8 Å². The molecule has 1 aliphatic heterocycles. The van der Waals surface area contributed by atoms with Crippen LogP contribution in [0.2, 0.25) is 0 Å². The molecule has 1 aliphatic rings. The molecule has 0 aromatic carbocycles. The molecule has 1 saturated heterocycles. The zero-order valence-electron chi connectivity index (χ0n) is 10.0. The van der Waals surface area contributed by atoms with E-state index >= 15 is 0 Å². The highest BCUT2D eigenvalue weighted by Crippen LogP contribution is 2.33. The number of oxime groups is 1. The van der Waals surface area contributed by atoms with E-state index in [1.165, 1.54) is 6.42 Å². The second kappa shape index (κ2) is 4.84. The summed E-state index contributed by atoms with van der Waals surface area (Å²) in [7, 11) is 0. The van der Waals surface area contributed by atoms with Crippen molar-refractivity contribution >= 4 is 5.84 Å². The van der Waals surface area contributed by atoms with Gasteiger partial charge in [0.25, 0.3) is 0 Å². The van der Waals surface area contributed by atoms with Gasteiger partial charge in [0.05, 0.1) is 0 Å². The zero-order valence-corrected chi connectivity index (χ0v) is 10.0. The minimum atomic E-state index is 0.328. The molecule has 0 aromatic rings. The van der Waals surface area contributed by atoms with E-state index in [0.717, 1.165) is 25.6 Å². The number of nitrogens with two attached hydrogens (primary N) is 1. The van der Waals surface area contributed by atoms with E-state index in [1.54, 1.807) is 0 Å². The SMILES string of the molecule is CC(C)(C)C1CCN(CCC(N)=NO)C1. The van der Waals surface area contributed by atoms with Crippen LogP contribution in [0.5, 0.6) is 0 Å². The molecular formula is C11H23N3O. The maximum Gasteiger partial charge on any atom is 0.140 e. The van der Waals surface area contributed by atoms with Gasteiger partial charge in [-0.25, -0.2) is 0 Å². The molecular weight excluding hydrogens is 190 g/mol. The molecule has 1 unspecified atom stereocenters. The van der Waals surface area contributed by atoms with Crippen molar-refractivity contribution in [2.24, 2.45) is 22.2 Å². The first-order valence-electron chi connectivity index (χ1n) is 5.62. The first-order chi connectivity index (χ1) is 6.93. The summed E-state index contributed by atoms with van der Waals surface area (Å²) in [6.07, 6.45) is 1.92. The zero-order chi connectivity index (χ0) is 11.5. The number of likely N-dealkylation sites (tertiary alicyclic amines) is 1. The Balaban J connectivity index is 2.31. The van der Waals surface area contributed by atoms with Crippen molar-refractivity contribution in [2.75, 3.05) is 19.6 Å². The summed E-state index contributed by atoms with van der Waals surface area (Å²) < 4.78 is 0. The third-order valence-electron chi connectivity index (χ3n) is 3.31. The third-order valence-corrected chi connectivity index (χ3v) is 3.31. The average Bonchev–Trinajstić information content (AvgIpc) is 2.61. The summed E-state index contributed by atoms with van der Waals surface area (Å²) in [5.41, 5.74) is 5.84. The van der Waals surface area contributed by atoms with E-state index in [9.17, 15) is 0 Å². The molecule has 1 atom stereocenters. The van der Waals surface area contributed by atoms with Crippen LogP contribution < -0.4 is 5.73 Å². The standard InChI is InChI=1S/C11H23N3O/c1-11(2,3)9-4-6-14(8-9)7-5-10(12)13-15/h9,15H,4-8H2,1-3H3,(H2,12,13). The lowest BCUT2D eigenvalue weighted by atomic mass is 9.80. The molecule has 15 heavy (non-hydrogen) atoms. The highest BCUT2D eigenvalue weighted by molar-refractivity contribution is 5.79. The number of hydrogen-bond donors (Lipinski definition) is 2. The molecule has 1 rings (SSSR count). The van der Waals surface area contributed by atoms with E-state index in [1.807, 2.05) is 0 Å². The molecule has 0 radical (unpaired) electrons. The first-order valence-corrected chi connectivity index (χ1v) is 5.62. The topological polar surface area (TPSA) is 61.8 Å². The molecule has 88 valence electrons. The Labute approximate surface area is 92.1 Å². The quantitative estimate of drug-likeness (QED) is 0.323. The minimum absolute atomic E-state index is 0.328. The van der Waals surface area contributed by atoms with E-state index in [-0.39, 0.29) is 0 Å². The van der Waals surface area contributed by atoms with Crippen molar-refractivity contribution in [3.8, 4) is 0 Å². The summed E-state index contributed by atoms with van der Waals surface area (Å²) in [6.45, 7) is 10.1. The van der Waals surface area contributed by atoms with Gasteiger partial charge in [0, 0.05) is 19.5 Å². The van der Waals surface area contributed by atoms with Crippen LogP contribution in [0.4, 0.5) is 0 Å². The molecule has 1 heterocycles. The predicted molar refractivity (Wildman–Crippen MR) is 62.0 cm³/mol. The van der Waals surface area contributed by atoms with Crippen LogP contribution in [0, 0.1) is 11.3 Å². The monoisotopic (exact) mass is 213 g/mol. The second-order valence-electron chi connectivity index (χ2n) is 5.49. The number of hydrogen-bond acceptors (Lipinski definition) is 3. The van der Waals surface area contributed by atoms with Crippen LogP contribution in [-0.2, 0) is 0 Å². The maximum absolute atomic E-state index is 8.43. The van der Waals surface area contributed by atoms with E-state index < -0.39 is 0 Å². The van der Waals surface area contributed by atoms with Crippen molar-refractivity contribution < 1.29 is 5.21 Å². The van der Waals surface area contributed by atoms with Crippen molar-refractivity contribution in [1.82, 2.24) is 4.90 Å². The Morgan fingerprint density at radius 3 is 2.67 bits per heavy atom. The van der Waals surface area contributed by atoms with Gasteiger partial charge in [-0.15, -0.1) is 0 Å². The summed E-state index contributed by atoms with van der Waals surface area (Å²) in [5.74, 6) is 1.10. The van der Waals surface area contributed by atoms with Gasteiger partial charge >= 0.3 is 0 Å². The molecule has 3 N–H and O–H groups in total. The van der Waals surface area contributed by atoms with Crippen molar-refractivity contribution in [2.45, 2.75) is 33.6 Å². The van der Waals surface area contributed by atoms with Crippen molar-refractivity contribution in [1.29, 1.82) is 0 Å². The minimum Gasteiger partial charge on any atom is -0.409 e. The molecule has 0 spiro atoms. The molecule has 0 saturated carbocycles. The molecule has 0 amide bonds. The predicted octanol–water partition coefficient (Wildman–Crippen LogP) is 1.49. The van der Waals surface area contributed by atoms with Gasteiger partial charge in [0.15, 0.2) is 0 Å². The molecule has 4 heteroatoms. The lowest BCUT2D eigenvalue weighted by molar-refractivity contribution is 0.230. The molecule has 1 fully saturated rings. The van der Waals surface area contributed by atoms with Gasteiger partial charge in [0.1, 0.15) is 5.84 Å². The first kappa shape index (κ1) is 12.3. The van der Waals surface area contributed by atoms with E-state index in [4.69, 9.17) is 10.9 Å². The Morgan fingerprint density at radius 2 is 2.20 bits per heavy atom. The van der Waals surface area contributed by atoms with Crippen molar-refractivity contribution in [3.05, 3.63) is 0 Å². The Kier molecular flexibility index (Phi) is 3.97. The Hall–Kier alpha value is -0.770. The highest BCUT2D eigenvalue weighted by Gasteiger charge is 2.31. The summed E-state index contributed by atoms with van der Waals surface area (Å²) >= 11 is 0. The highest BCUT2D eigenvalue weighted by atomic mass is 16.4. The number of rotatable bonds is 3. The van der Waals surface area contributed by atoms with Crippen LogP contribution in [0.1, 0.15) is 33.6 Å². The molecule has 0 aromatic heterocycles. The van der Waals surface area contributed by atoms with E-state index in [0.29, 0.717) is 17.7 Å². The van der Waals surface area contributed by atoms with Crippen LogP contribution in [0.3, 0.4) is 0 Å². The lowest BCUT2D eigenvalue weighted by Gasteiger charge is -2.27. The van der Waals surface area contributed by atoms with Crippen molar-refractivity contribution in [3.63, 3.8) is 0 Å². The summed E-state index contributed by atoms with van der Waals surface area (Å²) in [6, 6.07) is 0. The molecule has 0 aliphatic carbocycles. The summed E-state index contributed by atoms with van der Waals surface area (Å²) in [5, 5.41) is 11.4. The lowest BCUT2D eigenvalue weighted by Crippen LogP contribution is -2.29. The summed E-state index contributed by atoms with van der Waals surface area (Å²) in [4.78, 5) is 2.40. The molecule has 4 nitrogen and oxygen atoms in total. The Bertz CT molecular complexity index is 232. The van der Waals surface area contributed by atoms with Crippen LogP contribution in [-0.4, -0.2) is 35.6 Å². The smallest absolute Gasteiger partial charge is 0.140 e. The largest absolute Gasteiger partial charge is 0.409 e. The van der Waals surface area contributed by atoms with E-state index in [2.05, 4.69) is 30.8 Å². The fraction of sp³-hybridized carbons (Fsp3) is 0.909. The normalized spacial score (nSPS) is 24.7. The van der Waals surface area contributed by atoms with Crippen LogP contribution in [0.15, 0.2) is 5.16 Å². The van der Waals surface area contributed by atoms with Crippen LogP contribution >= 0.6 is 0 Å². The fourth-order valence-electron chi connectivity index (χ4n) is 2.07. The van der Waals surface area contributed by atoms with Gasteiger partial charge in [-0.2, -0.15) is 0 Å². The number of amidine groups is 1. The maximum atomic E-state index is 8.43. The molecule has 0 bridgehead atoms. The average molecular weight is 213 g/mol. The van der Waals surface area contributed by atoms with Gasteiger partial charge in [-0.1, -0.05) is 25.9 Å². The Morgan fingerprint density at radius 1 is 1.53 bits per heavy atom. The van der Waals surface area contributed by atoms with Gasteiger partial charge in [-0.3, -0.25) is 0 Å². The second-order valence-corrected chi connectivity index (χ2v) is 5.49. The van der Waals surface area contributed by atoms with Gasteiger partial charge in [-0.05, 0) is 24.3 Å². The number of nitrogens with zero attached hydrogens (tertiary/aromatic N) is 2. The van der Waals surface area contributed by atoms with Gasteiger partial charge in [0.2, 0.25) is 0 Å². The van der Waals surface area contributed by atoms with Crippen LogP contribution in [0.25, 0.3) is 0 Å². The fourth-order valence-corrected chi connectivity index (χ4v) is 2.07. The third kappa shape index (κ3) is 3.70.